The van der Waals surface area contributed by atoms with Crippen molar-refractivity contribution in [3.05, 3.63) is 137 Å². The molecule has 5 aromatic rings. The van der Waals surface area contributed by atoms with Gasteiger partial charge in [0.05, 0.1) is 19.0 Å². The summed E-state index contributed by atoms with van der Waals surface area (Å²) in [4.78, 5) is 12.7. The van der Waals surface area contributed by atoms with Crippen molar-refractivity contribution in [2.24, 2.45) is 5.10 Å². The number of nitrogens with one attached hydrogen (secondary N) is 1. The maximum absolute atomic E-state index is 13.9. The number of hydrogen-bond acceptors (Lipinski definition) is 4. The zero-order valence-electron chi connectivity index (χ0n) is 22.2. The van der Waals surface area contributed by atoms with Gasteiger partial charge in [-0.25, -0.2) is 9.82 Å². The Labute approximate surface area is 232 Å². The van der Waals surface area contributed by atoms with Gasteiger partial charge in [0.1, 0.15) is 12.4 Å². The number of amides is 1. The number of hydrazone groups is 1. The summed E-state index contributed by atoms with van der Waals surface area (Å²) in [5.74, 6) is 0.289. The summed E-state index contributed by atoms with van der Waals surface area (Å²) in [7, 11) is 1.52. The summed E-state index contributed by atoms with van der Waals surface area (Å²) >= 11 is 0. The zero-order chi connectivity index (χ0) is 27.9. The van der Waals surface area contributed by atoms with Gasteiger partial charge in [0.25, 0.3) is 5.91 Å². The zero-order valence-corrected chi connectivity index (χ0v) is 22.2. The fourth-order valence-corrected chi connectivity index (χ4v) is 4.36. The summed E-state index contributed by atoms with van der Waals surface area (Å²) in [6, 6.07) is 33.4. The normalized spacial score (nSPS) is 11.0. The third-order valence-electron chi connectivity index (χ3n) is 6.44. The Bertz CT molecular complexity index is 1640. The van der Waals surface area contributed by atoms with Gasteiger partial charge in [0.2, 0.25) is 0 Å². The molecule has 0 bridgehead atoms. The smallest absolute Gasteiger partial charge is 0.271 e. The van der Waals surface area contributed by atoms with Crippen LogP contribution >= 0.6 is 0 Å². The number of hydrogen-bond donors (Lipinski definition) is 1. The van der Waals surface area contributed by atoms with E-state index in [1.54, 1.807) is 48.5 Å². The van der Waals surface area contributed by atoms with E-state index in [4.69, 9.17) is 9.47 Å². The van der Waals surface area contributed by atoms with Gasteiger partial charge in [-0.05, 0) is 78.7 Å². The first-order valence-electron chi connectivity index (χ1n) is 12.8. The summed E-state index contributed by atoms with van der Waals surface area (Å²) < 4.78 is 27.2. The van der Waals surface area contributed by atoms with Crippen molar-refractivity contribution in [2.45, 2.75) is 13.5 Å². The van der Waals surface area contributed by atoms with Gasteiger partial charge in [0.15, 0.2) is 11.5 Å². The van der Waals surface area contributed by atoms with E-state index in [-0.39, 0.29) is 18.3 Å². The fourth-order valence-electron chi connectivity index (χ4n) is 4.36. The van der Waals surface area contributed by atoms with Gasteiger partial charge in [-0.1, -0.05) is 48.5 Å². The largest absolute Gasteiger partial charge is 0.493 e. The second-order valence-corrected chi connectivity index (χ2v) is 9.10. The van der Waals surface area contributed by atoms with Crippen LogP contribution in [0.5, 0.6) is 11.5 Å². The minimum absolute atomic E-state index is 0.0722. The molecule has 0 saturated carbocycles. The molecule has 1 aromatic heterocycles. The Morgan fingerprint density at radius 3 is 2.40 bits per heavy atom. The third kappa shape index (κ3) is 5.94. The number of nitrogens with zero attached hydrogens (tertiary/aromatic N) is 2. The molecule has 7 heteroatoms. The Morgan fingerprint density at radius 1 is 0.900 bits per heavy atom. The topological polar surface area (TPSA) is 64.8 Å². The van der Waals surface area contributed by atoms with E-state index in [0.717, 1.165) is 22.6 Å². The first-order valence-corrected chi connectivity index (χ1v) is 12.8. The Morgan fingerprint density at radius 2 is 1.65 bits per heavy atom. The van der Waals surface area contributed by atoms with Crippen molar-refractivity contribution in [3.63, 3.8) is 0 Å². The van der Waals surface area contributed by atoms with Gasteiger partial charge in [-0.2, -0.15) is 5.10 Å². The van der Waals surface area contributed by atoms with E-state index in [2.05, 4.69) is 46.3 Å². The molecule has 0 saturated heterocycles. The maximum Gasteiger partial charge on any atom is 0.271 e. The second kappa shape index (κ2) is 12.1. The predicted octanol–water partition coefficient (Wildman–Crippen LogP) is 6.94. The third-order valence-corrected chi connectivity index (χ3v) is 6.44. The monoisotopic (exact) mass is 533 g/mol. The van der Waals surface area contributed by atoms with Crippen molar-refractivity contribution < 1.29 is 18.7 Å². The summed E-state index contributed by atoms with van der Waals surface area (Å²) in [5, 5.41) is 4.09. The average Bonchev–Trinajstić information content (AvgIpc) is 3.38. The van der Waals surface area contributed by atoms with Gasteiger partial charge < -0.3 is 14.0 Å². The van der Waals surface area contributed by atoms with Gasteiger partial charge in [-0.15, -0.1) is 0 Å². The molecule has 1 amide bonds. The van der Waals surface area contributed by atoms with Crippen LogP contribution in [-0.2, 0) is 6.61 Å². The highest BCUT2D eigenvalue weighted by molar-refractivity contribution is 5.95. The quantitative estimate of drug-likeness (QED) is 0.165. The Hall–Kier alpha value is -5.17. The lowest BCUT2D eigenvalue weighted by atomic mass is 10.1. The molecule has 0 aliphatic heterocycles. The van der Waals surface area contributed by atoms with E-state index in [1.807, 2.05) is 30.3 Å². The molecule has 0 radical (unpaired) electrons. The highest BCUT2D eigenvalue weighted by Gasteiger charge is 2.11. The van der Waals surface area contributed by atoms with Crippen molar-refractivity contribution in [3.8, 4) is 28.4 Å². The number of aromatic nitrogens is 1. The first-order chi connectivity index (χ1) is 19.5. The van der Waals surface area contributed by atoms with E-state index in [0.29, 0.717) is 28.2 Å². The summed E-state index contributed by atoms with van der Waals surface area (Å²) in [6.45, 7) is 2.13. The number of rotatable bonds is 9. The molecule has 40 heavy (non-hydrogen) atoms. The van der Waals surface area contributed by atoms with Crippen LogP contribution in [0, 0.1) is 12.7 Å². The Balaban J connectivity index is 1.23. The highest BCUT2D eigenvalue weighted by atomic mass is 19.1. The Kier molecular flexibility index (Phi) is 8.02. The number of benzene rings is 4. The lowest BCUT2D eigenvalue weighted by Crippen LogP contribution is -2.17. The summed E-state index contributed by atoms with van der Waals surface area (Å²) in [5.41, 5.74) is 8.46. The van der Waals surface area contributed by atoms with Crippen LogP contribution < -0.4 is 14.9 Å². The molecule has 4 aromatic carbocycles. The first kappa shape index (κ1) is 26.4. The van der Waals surface area contributed by atoms with Crippen LogP contribution in [0.1, 0.15) is 27.2 Å². The molecule has 1 heterocycles. The fraction of sp³-hybridized carbons (Fsp3) is 0.0909. The highest BCUT2D eigenvalue weighted by Crippen LogP contribution is 2.29. The molecule has 5 rings (SSSR count). The lowest BCUT2D eigenvalue weighted by molar-refractivity contribution is 0.0955. The molecular weight excluding hydrogens is 505 g/mol. The second-order valence-electron chi connectivity index (χ2n) is 9.10. The van der Waals surface area contributed by atoms with Crippen molar-refractivity contribution >= 4 is 12.1 Å². The van der Waals surface area contributed by atoms with Gasteiger partial charge >= 0.3 is 0 Å². The SMILES string of the molecule is COc1cc(/C=N/NC(=O)c2ccc(-n3c(C)ccc3-c3ccccc3)cc2)ccc1OCc1ccccc1F. The number of halogens is 1. The molecule has 0 unspecified atom stereocenters. The van der Waals surface area contributed by atoms with Crippen LogP contribution in [0.2, 0.25) is 0 Å². The molecular formula is C33H28FN3O3. The van der Waals surface area contributed by atoms with E-state index in [1.165, 1.54) is 19.4 Å². The number of methoxy groups -OCH3 is 1. The van der Waals surface area contributed by atoms with Crippen LogP contribution in [-0.4, -0.2) is 23.8 Å². The maximum atomic E-state index is 13.9. The minimum Gasteiger partial charge on any atom is -0.493 e. The predicted molar refractivity (Wildman–Crippen MR) is 155 cm³/mol. The summed E-state index contributed by atoms with van der Waals surface area (Å²) in [6.07, 6.45) is 1.52. The van der Waals surface area contributed by atoms with Crippen molar-refractivity contribution in [2.75, 3.05) is 7.11 Å². The lowest BCUT2D eigenvalue weighted by Gasteiger charge is -2.13. The number of carbonyl (C=O) groups excluding carboxylic acids is 1. The molecule has 0 atom stereocenters. The molecule has 0 fully saturated rings. The van der Waals surface area contributed by atoms with Crippen molar-refractivity contribution in [1.82, 2.24) is 9.99 Å². The molecule has 0 spiro atoms. The molecule has 1 N–H and O–H groups in total. The van der Waals surface area contributed by atoms with E-state index < -0.39 is 0 Å². The number of ether oxygens (including phenoxy) is 2. The molecule has 200 valence electrons. The van der Waals surface area contributed by atoms with E-state index in [9.17, 15) is 9.18 Å². The van der Waals surface area contributed by atoms with Gasteiger partial charge in [0, 0.05) is 22.5 Å². The van der Waals surface area contributed by atoms with Crippen LogP contribution in [0.3, 0.4) is 0 Å². The number of carbonyl (C=O) groups is 1. The molecule has 6 nitrogen and oxygen atoms in total. The van der Waals surface area contributed by atoms with Crippen LogP contribution in [0.25, 0.3) is 16.9 Å². The number of aryl methyl sites for hydroxylation is 1. The minimum atomic E-state index is -0.327. The van der Waals surface area contributed by atoms with Gasteiger partial charge in [-0.3, -0.25) is 4.79 Å². The van der Waals surface area contributed by atoms with Crippen LogP contribution in [0.15, 0.2) is 114 Å². The van der Waals surface area contributed by atoms with Crippen molar-refractivity contribution in [1.29, 1.82) is 0 Å². The molecule has 0 aliphatic rings. The van der Waals surface area contributed by atoms with Crippen LogP contribution in [0.4, 0.5) is 4.39 Å². The van der Waals surface area contributed by atoms with E-state index >= 15 is 0 Å². The molecule has 0 aliphatic carbocycles. The standard InChI is InChI=1S/C33H28FN3O3/c1-23-12-18-30(25-8-4-3-5-9-25)37(23)28-16-14-26(15-17-28)33(38)36-35-21-24-13-19-31(32(20-24)39-2)40-22-27-10-6-7-11-29(27)34/h3-21H,22H2,1-2H3,(H,36,38)/b35-21+. The average molecular weight is 534 g/mol.